The highest BCUT2D eigenvalue weighted by Crippen LogP contribution is 2.33. The van der Waals surface area contributed by atoms with E-state index < -0.39 is 5.82 Å². The molecular formula is C17H16F3N2. The van der Waals surface area contributed by atoms with Gasteiger partial charge in [0.15, 0.2) is 0 Å². The summed E-state index contributed by atoms with van der Waals surface area (Å²) < 4.78 is 40.2. The largest absolute Gasteiger partial charge is 0.296 e. The molecule has 1 radical (unpaired) electrons. The monoisotopic (exact) mass is 305 g/mol. The SMILES string of the molecule is Fc1ccc([CH]CN2CCC[C@@H]2c2cc(F)ccc2F)nc1. The number of hydrogen-bond donors (Lipinski definition) is 0. The van der Waals surface area contributed by atoms with Crippen LogP contribution in [0, 0.1) is 23.9 Å². The minimum Gasteiger partial charge on any atom is -0.296 e. The lowest BCUT2D eigenvalue weighted by atomic mass is 10.0. The highest BCUT2D eigenvalue weighted by molar-refractivity contribution is 5.24. The number of pyridine rings is 1. The van der Waals surface area contributed by atoms with E-state index in [1.165, 1.54) is 24.4 Å². The Morgan fingerprint density at radius 2 is 1.95 bits per heavy atom. The van der Waals surface area contributed by atoms with Crippen molar-refractivity contribution in [3.63, 3.8) is 0 Å². The van der Waals surface area contributed by atoms with Crippen molar-refractivity contribution in [2.45, 2.75) is 18.9 Å². The van der Waals surface area contributed by atoms with Crippen LogP contribution in [0.3, 0.4) is 0 Å². The van der Waals surface area contributed by atoms with Gasteiger partial charge >= 0.3 is 0 Å². The van der Waals surface area contributed by atoms with Crippen LogP contribution in [0.4, 0.5) is 13.2 Å². The molecule has 2 nitrogen and oxygen atoms in total. The van der Waals surface area contributed by atoms with Crippen molar-refractivity contribution >= 4 is 0 Å². The molecule has 115 valence electrons. The van der Waals surface area contributed by atoms with Crippen LogP contribution in [0.1, 0.15) is 30.1 Å². The zero-order chi connectivity index (χ0) is 15.5. The first-order valence-corrected chi connectivity index (χ1v) is 7.27. The van der Waals surface area contributed by atoms with Gasteiger partial charge in [0.05, 0.1) is 6.20 Å². The van der Waals surface area contributed by atoms with Gasteiger partial charge in [-0.05, 0) is 49.7 Å². The molecule has 2 aromatic rings. The molecule has 0 spiro atoms. The number of rotatable bonds is 4. The van der Waals surface area contributed by atoms with Crippen molar-refractivity contribution in [1.82, 2.24) is 9.88 Å². The van der Waals surface area contributed by atoms with E-state index in [0.29, 0.717) is 17.8 Å². The molecule has 0 N–H and O–H groups in total. The maximum Gasteiger partial charge on any atom is 0.141 e. The summed E-state index contributed by atoms with van der Waals surface area (Å²) in [4.78, 5) is 6.06. The molecule has 0 saturated carbocycles. The standard InChI is InChI=1S/C17H16F3N2/c18-12-4-6-16(20)15(10-12)17-2-1-8-22(17)9-7-14-5-3-13(19)11-21-14/h3-7,10-11,17H,1-2,8-9H2/t17-/m1/s1. The molecule has 1 aromatic heterocycles. The van der Waals surface area contributed by atoms with Gasteiger partial charge in [-0.1, -0.05) is 0 Å². The summed E-state index contributed by atoms with van der Waals surface area (Å²) in [6.45, 7) is 1.39. The Kier molecular flexibility index (Phi) is 4.43. The fraction of sp³-hybridized carbons (Fsp3) is 0.294. The van der Waals surface area contributed by atoms with Crippen molar-refractivity contribution in [3.05, 3.63) is 71.7 Å². The molecule has 0 aliphatic carbocycles. The van der Waals surface area contributed by atoms with Crippen molar-refractivity contribution in [3.8, 4) is 0 Å². The molecule has 5 heteroatoms. The predicted molar refractivity (Wildman–Crippen MR) is 77.5 cm³/mol. The van der Waals surface area contributed by atoms with E-state index in [1.54, 1.807) is 6.07 Å². The van der Waals surface area contributed by atoms with E-state index >= 15 is 0 Å². The Morgan fingerprint density at radius 1 is 1.14 bits per heavy atom. The molecule has 0 amide bonds. The molecule has 1 fully saturated rings. The first-order valence-electron chi connectivity index (χ1n) is 7.27. The third-order valence-electron chi connectivity index (χ3n) is 3.97. The fourth-order valence-corrected chi connectivity index (χ4v) is 2.89. The number of nitrogens with zero attached hydrogens (tertiary/aromatic N) is 2. The van der Waals surface area contributed by atoms with E-state index in [4.69, 9.17) is 0 Å². The summed E-state index contributed by atoms with van der Waals surface area (Å²) in [5.41, 5.74) is 1.07. The van der Waals surface area contributed by atoms with Crippen molar-refractivity contribution in [1.29, 1.82) is 0 Å². The summed E-state index contributed by atoms with van der Waals surface area (Å²) in [7, 11) is 0. The van der Waals surface area contributed by atoms with Crippen LogP contribution < -0.4 is 0 Å². The summed E-state index contributed by atoms with van der Waals surface area (Å²) >= 11 is 0. The van der Waals surface area contributed by atoms with Gasteiger partial charge in [0, 0.05) is 30.3 Å². The average Bonchev–Trinajstić information content (AvgIpc) is 2.97. The van der Waals surface area contributed by atoms with Crippen LogP contribution >= 0.6 is 0 Å². The van der Waals surface area contributed by atoms with Gasteiger partial charge < -0.3 is 0 Å². The van der Waals surface area contributed by atoms with E-state index in [1.807, 2.05) is 6.42 Å². The van der Waals surface area contributed by atoms with Crippen LogP contribution in [0.15, 0.2) is 36.5 Å². The number of hydrogen-bond acceptors (Lipinski definition) is 2. The van der Waals surface area contributed by atoms with Crippen LogP contribution in [-0.2, 0) is 0 Å². The quantitative estimate of drug-likeness (QED) is 0.852. The Morgan fingerprint density at radius 3 is 2.73 bits per heavy atom. The van der Waals surface area contributed by atoms with Gasteiger partial charge in [-0.3, -0.25) is 9.88 Å². The highest BCUT2D eigenvalue weighted by Gasteiger charge is 2.28. The van der Waals surface area contributed by atoms with Gasteiger partial charge in [0.2, 0.25) is 0 Å². The lowest BCUT2D eigenvalue weighted by Crippen LogP contribution is -2.25. The third-order valence-corrected chi connectivity index (χ3v) is 3.97. The lowest BCUT2D eigenvalue weighted by molar-refractivity contribution is 0.272. The van der Waals surface area contributed by atoms with E-state index in [-0.39, 0.29) is 17.7 Å². The molecule has 22 heavy (non-hydrogen) atoms. The van der Waals surface area contributed by atoms with Crippen LogP contribution in [-0.4, -0.2) is 23.0 Å². The molecule has 1 aromatic carbocycles. The molecule has 1 aliphatic heterocycles. The predicted octanol–water partition coefficient (Wildman–Crippen LogP) is 3.89. The Labute approximate surface area is 127 Å². The average molecular weight is 305 g/mol. The van der Waals surface area contributed by atoms with Crippen LogP contribution in [0.5, 0.6) is 0 Å². The molecule has 0 bridgehead atoms. The molecule has 1 atom stereocenters. The molecule has 1 aliphatic rings. The second-order valence-corrected chi connectivity index (χ2v) is 5.42. The molecular weight excluding hydrogens is 289 g/mol. The fourth-order valence-electron chi connectivity index (χ4n) is 2.89. The summed E-state index contributed by atoms with van der Waals surface area (Å²) in [6, 6.07) is 6.40. The molecule has 0 unspecified atom stereocenters. The maximum absolute atomic E-state index is 13.9. The summed E-state index contributed by atoms with van der Waals surface area (Å²) in [6.07, 6.45) is 4.77. The van der Waals surface area contributed by atoms with E-state index in [2.05, 4.69) is 9.88 Å². The van der Waals surface area contributed by atoms with Gasteiger partial charge in [-0.15, -0.1) is 0 Å². The van der Waals surface area contributed by atoms with Crippen molar-refractivity contribution < 1.29 is 13.2 Å². The Bertz CT molecular complexity index is 643. The zero-order valence-corrected chi connectivity index (χ0v) is 12.0. The summed E-state index contributed by atoms with van der Waals surface area (Å²) in [5, 5.41) is 0. The van der Waals surface area contributed by atoms with E-state index in [0.717, 1.165) is 25.5 Å². The van der Waals surface area contributed by atoms with Gasteiger partial charge in [0.1, 0.15) is 17.5 Å². The van der Waals surface area contributed by atoms with Crippen LogP contribution in [0.25, 0.3) is 0 Å². The highest BCUT2D eigenvalue weighted by atomic mass is 19.1. The van der Waals surface area contributed by atoms with Gasteiger partial charge in [0.25, 0.3) is 0 Å². The second-order valence-electron chi connectivity index (χ2n) is 5.42. The zero-order valence-electron chi connectivity index (χ0n) is 12.0. The van der Waals surface area contributed by atoms with Crippen LogP contribution in [0.2, 0.25) is 0 Å². The number of aromatic nitrogens is 1. The number of likely N-dealkylation sites (tertiary alicyclic amines) is 1. The topological polar surface area (TPSA) is 16.1 Å². The minimum absolute atomic E-state index is 0.132. The molecule has 1 saturated heterocycles. The Hall–Kier alpha value is -1.88. The molecule has 2 heterocycles. The lowest BCUT2D eigenvalue weighted by Gasteiger charge is -2.25. The van der Waals surface area contributed by atoms with Crippen molar-refractivity contribution in [2.24, 2.45) is 0 Å². The van der Waals surface area contributed by atoms with Crippen molar-refractivity contribution in [2.75, 3.05) is 13.1 Å². The Balaban J connectivity index is 1.70. The first kappa shape index (κ1) is 15.0. The maximum atomic E-state index is 13.9. The number of benzene rings is 1. The normalized spacial score (nSPS) is 18.8. The van der Waals surface area contributed by atoms with Gasteiger partial charge in [-0.25, -0.2) is 13.2 Å². The second kappa shape index (κ2) is 6.48. The number of halogens is 3. The molecule has 3 rings (SSSR count). The summed E-state index contributed by atoms with van der Waals surface area (Å²) in [5.74, 6) is -1.18. The smallest absolute Gasteiger partial charge is 0.141 e. The van der Waals surface area contributed by atoms with E-state index in [9.17, 15) is 13.2 Å². The first-order chi connectivity index (χ1) is 10.6. The third kappa shape index (κ3) is 3.30. The minimum atomic E-state index is -0.424. The van der Waals surface area contributed by atoms with Gasteiger partial charge in [-0.2, -0.15) is 0 Å².